The summed E-state index contributed by atoms with van der Waals surface area (Å²) in [7, 11) is 0. The summed E-state index contributed by atoms with van der Waals surface area (Å²) in [5.41, 5.74) is 4.17. The standard InChI is InChI=1S/C26H26ClF3N8O5/c1-25(2,31)9-7-18(39)22-33-20(34-38(22)17-11-32-10-8-16(17)23(41)42)13-37-24(43)36(12-19(40)26(28,29)30)21(35-37)14-3-5-15(27)6-4-14/h3-6,8,10-11,19,40H,7,9,12-13,31H2,1-2H3,(H,41,42)/t19-/m0/s1. The van der Waals surface area contributed by atoms with Gasteiger partial charge >= 0.3 is 17.8 Å². The SMILES string of the molecule is CC(C)(N)CCC(=O)c1nc(Cn2nc(-c3ccc(Cl)cc3)n(C[C@H](O)C(F)(F)F)c2=O)nn1-c1cnccc1C(=O)O. The van der Waals surface area contributed by atoms with Crippen molar-refractivity contribution in [3.63, 3.8) is 0 Å². The number of aliphatic hydroxyl groups is 1. The normalized spacial score (nSPS) is 12.8. The molecule has 0 saturated carbocycles. The lowest BCUT2D eigenvalue weighted by Crippen LogP contribution is -2.37. The first kappa shape index (κ1) is 31.5. The van der Waals surface area contributed by atoms with Crippen LogP contribution in [0.4, 0.5) is 13.2 Å². The minimum absolute atomic E-state index is 0.0745. The zero-order valence-electron chi connectivity index (χ0n) is 22.8. The van der Waals surface area contributed by atoms with E-state index in [4.69, 9.17) is 17.3 Å². The fourth-order valence-electron chi connectivity index (χ4n) is 3.98. The molecule has 4 N–H and O–H groups in total. The Balaban J connectivity index is 1.81. The highest BCUT2D eigenvalue weighted by Gasteiger charge is 2.39. The van der Waals surface area contributed by atoms with Crippen molar-refractivity contribution >= 4 is 23.4 Å². The number of ketones is 1. The number of rotatable bonds is 11. The van der Waals surface area contributed by atoms with Crippen LogP contribution in [0.3, 0.4) is 0 Å². The molecule has 4 aromatic rings. The maximum absolute atomic E-state index is 13.3. The Hall–Kier alpha value is -4.41. The summed E-state index contributed by atoms with van der Waals surface area (Å²) in [6.45, 7) is 1.76. The molecule has 3 aromatic heterocycles. The third-order valence-electron chi connectivity index (χ3n) is 6.21. The minimum atomic E-state index is -5.02. The molecule has 1 atom stereocenters. The van der Waals surface area contributed by atoms with Crippen molar-refractivity contribution in [3.8, 4) is 17.1 Å². The number of aromatic nitrogens is 7. The highest BCUT2D eigenvalue weighted by Crippen LogP contribution is 2.24. The molecule has 228 valence electrons. The Labute approximate surface area is 246 Å². The molecule has 0 bridgehead atoms. The predicted octanol–water partition coefficient (Wildman–Crippen LogP) is 2.71. The van der Waals surface area contributed by atoms with Gasteiger partial charge in [-0.2, -0.15) is 13.2 Å². The number of carbonyl (C=O) groups is 2. The van der Waals surface area contributed by atoms with E-state index in [0.717, 1.165) is 9.36 Å². The number of carboxylic acids is 1. The van der Waals surface area contributed by atoms with Gasteiger partial charge in [0.2, 0.25) is 0 Å². The number of carbonyl (C=O) groups excluding carboxylic acids is 1. The van der Waals surface area contributed by atoms with Gasteiger partial charge in [0.05, 0.1) is 18.3 Å². The number of carboxylic acid groups (broad SMARTS) is 1. The van der Waals surface area contributed by atoms with Crippen LogP contribution in [-0.4, -0.2) is 73.9 Å². The second-order valence-electron chi connectivity index (χ2n) is 10.3. The van der Waals surface area contributed by atoms with Crippen molar-refractivity contribution in [2.24, 2.45) is 5.73 Å². The second-order valence-corrected chi connectivity index (χ2v) is 10.7. The molecule has 3 heterocycles. The Morgan fingerprint density at radius 1 is 1.12 bits per heavy atom. The van der Waals surface area contributed by atoms with E-state index in [1.54, 1.807) is 13.8 Å². The zero-order chi connectivity index (χ0) is 31.7. The van der Waals surface area contributed by atoms with Crippen molar-refractivity contribution in [2.75, 3.05) is 0 Å². The van der Waals surface area contributed by atoms with Crippen molar-refractivity contribution in [2.45, 2.75) is 57.6 Å². The van der Waals surface area contributed by atoms with Gasteiger partial charge in [0.15, 0.2) is 29.4 Å². The second kappa shape index (κ2) is 12.1. The van der Waals surface area contributed by atoms with Crippen LogP contribution in [0.1, 0.15) is 53.5 Å². The van der Waals surface area contributed by atoms with Gasteiger partial charge in [-0.3, -0.25) is 14.3 Å². The van der Waals surface area contributed by atoms with E-state index >= 15 is 0 Å². The Bertz CT molecular complexity index is 1710. The van der Waals surface area contributed by atoms with Crippen LogP contribution >= 0.6 is 11.6 Å². The van der Waals surface area contributed by atoms with E-state index in [1.807, 2.05) is 0 Å². The molecule has 13 nitrogen and oxygen atoms in total. The van der Waals surface area contributed by atoms with Crippen molar-refractivity contribution in [3.05, 3.63) is 75.4 Å². The molecule has 0 radical (unpaired) electrons. The first-order valence-electron chi connectivity index (χ1n) is 12.7. The molecule has 0 amide bonds. The third-order valence-corrected chi connectivity index (χ3v) is 6.46. The predicted molar refractivity (Wildman–Crippen MR) is 146 cm³/mol. The maximum Gasteiger partial charge on any atom is 0.416 e. The molecule has 43 heavy (non-hydrogen) atoms. The number of halogens is 4. The number of pyridine rings is 1. The van der Waals surface area contributed by atoms with Gasteiger partial charge in [-0.1, -0.05) is 11.6 Å². The Morgan fingerprint density at radius 3 is 2.40 bits per heavy atom. The summed E-state index contributed by atoms with van der Waals surface area (Å²) in [6.07, 6.45) is -5.30. The number of nitrogens with zero attached hydrogens (tertiary/aromatic N) is 7. The average Bonchev–Trinajstić information content (AvgIpc) is 3.48. The first-order chi connectivity index (χ1) is 20.0. The highest BCUT2D eigenvalue weighted by atomic mass is 35.5. The number of alkyl halides is 3. The molecular formula is C26H26ClF3N8O5. The topological polar surface area (TPSA) is 184 Å². The lowest BCUT2D eigenvalue weighted by molar-refractivity contribution is -0.207. The molecule has 0 aliphatic heterocycles. The molecule has 0 spiro atoms. The largest absolute Gasteiger partial charge is 0.478 e. The van der Waals surface area contributed by atoms with Gasteiger partial charge in [0.25, 0.3) is 0 Å². The number of hydrogen-bond donors (Lipinski definition) is 3. The van der Waals surface area contributed by atoms with Gasteiger partial charge < -0.3 is 15.9 Å². The van der Waals surface area contributed by atoms with Gasteiger partial charge in [-0.05, 0) is 50.6 Å². The van der Waals surface area contributed by atoms with E-state index in [2.05, 4.69) is 20.2 Å². The monoisotopic (exact) mass is 622 g/mol. The third kappa shape index (κ3) is 7.33. The molecule has 0 fully saturated rings. The van der Waals surface area contributed by atoms with E-state index in [1.165, 1.54) is 42.7 Å². The number of aliphatic hydroxyl groups excluding tert-OH is 1. The van der Waals surface area contributed by atoms with Gasteiger partial charge in [-0.25, -0.2) is 23.9 Å². The number of nitrogens with two attached hydrogens (primary N) is 1. The average molecular weight is 623 g/mol. The summed E-state index contributed by atoms with van der Waals surface area (Å²) >= 11 is 5.92. The van der Waals surface area contributed by atoms with Crippen LogP contribution in [0, 0.1) is 0 Å². The van der Waals surface area contributed by atoms with E-state index in [9.17, 15) is 37.8 Å². The van der Waals surface area contributed by atoms with Gasteiger partial charge in [0.1, 0.15) is 12.2 Å². The summed E-state index contributed by atoms with van der Waals surface area (Å²) in [5, 5.41) is 28.1. The molecule has 0 aliphatic carbocycles. The van der Waals surface area contributed by atoms with Crippen LogP contribution in [-0.2, 0) is 13.1 Å². The minimum Gasteiger partial charge on any atom is -0.478 e. The van der Waals surface area contributed by atoms with Gasteiger partial charge in [-0.15, -0.1) is 10.2 Å². The van der Waals surface area contributed by atoms with Crippen molar-refractivity contribution < 1.29 is 33.0 Å². The highest BCUT2D eigenvalue weighted by molar-refractivity contribution is 6.30. The van der Waals surface area contributed by atoms with Crippen LogP contribution in [0.25, 0.3) is 17.1 Å². The lowest BCUT2D eigenvalue weighted by atomic mass is 9.98. The smallest absolute Gasteiger partial charge is 0.416 e. The van der Waals surface area contributed by atoms with Crippen LogP contribution in [0.5, 0.6) is 0 Å². The van der Waals surface area contributed by atoms with Gasteiger partial charge in [0, 0.05) is 28.7 Å². The van der Waals surface area contributed by atoms with E-state index in [0.29, 0.717) is 9.59 Å². The first-order valence-corrected chi connectivity index (χ1v) is 13.1. The number of Topliss-reactive ketones (excluding diaryl/α,β-unsaturated/α-hetero) is 1. The number of hydrogen-bond acceptors (Lipinski definition) is 9. The van der Waals surface area contributed by atoms with Crippen LogP contribution in [0.2, 0.25) is 5.02 Å². The molecule has 0 saturated heterocycles. The zero-order valence-corrected chi connectivity index (χ0v) is 23.5. The summed E-state index contributed by atoms with van der Waals surface area (Å²) in [6, 6.07) is 6.96. The fraction of sp³-hybridized carbons (Fsp3) is 0.346. The van der Waals surface area contributed by atoms with E-state index < -0.39 is 48.4 Å². The van der Waals surface area contributed by atoms with Crippen molar-refractivity contribution in [1.29, 1.82) is 0 Å². The Morgan fingerprint density at radius 2 is 1.79 bits per heavy atom. The number of benzene rings is 1. The maximum atomic E-state index is 13.3. The van der Waals surface area contributed by atoms with E-state index in [-0.39, 0.29) is 47.1 Å². The molecule has 0 unspecified atom stereocenters. The quantitative estimate of drug-likeness (QED) is 0.210. The Kier molecular flexibility index (Phi) is 8.84. The van der Waals surface area contributed by atoms with Crippen molar-refractivity contribution in [1.82, 2.24) is 34.1 Å². The molecule has 0 aliphatic rings. The number of aromatic carboxylic acids is 1. The molecular weight excluding hydrogens is 597 g/mol. The lowest BCUT2D eigenvalue weighted by Gasteiger charge is -2.17. The van der Waals surface area contributed by atoms with Crippen LogP contribution < -0.4 is 11.4 Å². The summed E-state index contributed by atoms with van der Waals surface area (Å²) in [4.78, 5) is 46.5. The molecule has 4 rings (SSSR count). The fourth-order valence-corrected chi connectivity index (χ4v) is 4.11. The molecule has 17 heteroatoms. The van der Waals surface area contributed by atoms with Crippen LogP contribution in [0.15, 0.2) is 47.5 Å². The molecule has 1 aromatic carbocycles. The summed E-state index contributed by atoms with van der Waals surface area (Å²) in [5.74, 6) is -2.52. The summed E-state index contributed by atoms with van der Waals surface area (Å²) < 4.78 is 42.0.